The van der Waals surface area contributed by atoms with E-state index >= 15 is 0 Å². The van der Waals surface area contributed by atoms with Gasteiger partial charge in [0.15, 0.2) is 0 Å². The number of nitrogens with two attached hydrogens (primary N) is 1. The second-order valence-electron chi connectivity index (χ2n) is 6.05. The monoisotopic (exact) mass is 264 g/mol. The second kappa shape index (κ2) is 7.04. The molecule has 0 bridgehead atoms. The van der Waals surface area contributed by atoms with Crippen molar-refractivity contribution >= 4 is 0 Å². The minimum Gasteiger partial charge on any atom is -0.389 e. The maximum Gasteiger partial charge on any atom is 0.0718 e. The quantitative estimate of drug-likeness (QED) is 0.795. The molecule has 0 fully saturated rings. The van der Waals surface area contributed by atoms with Crippen LogP contribution in [-0.4, -0.2) is 35.2 Å². The van der Waals surface area contributed by atoms with Gasteiger partial charge >= 0.3 is 0 Å². The van der Waals surface area contributed by atoms with Crippen molar-refractivity contribution in [3.63, 3.8) is 0 Å². The van der Waals surface area contributed by atoms with Crippen molar-refractivity contribution in [3.8, 4) is 0 Å². The van der Waals surface area contributed by atoms with E-state index in [4.69, 9.17) is 5.73 Å². The van der Waals surface area contributed by atoms with E-state index in [1.807, 2.05) is 32.0 Å². The molecule has 0 saturated heterocycles. The standard InChI is InChI=1S/C16H28N2O/c1-5-18(12-16(3,4)19)11-13(2)15(17)14-9-7-6-8-10-14/h6-10,13,15,19H,5,11-12,17H2,1-4H3. The van der Waals surface area contributed by atoms with Crippen LogP contribution in [0.1, 0.15) is 39.3 Å². The third-order valence-electron chi connectivity index (χ3n) is 3.40. The molecule has 0 saturated carbocycles. The zero-order chi connectivity index (χ0) is 14.5. The molecule has 0 aliphatic carbocycles. The maximum absolute atomic E-state index is 9.91. The van der Waals surface area contributed by atoms with E-state index in [1.165, 1.54) is 5.56 Å². The van der Waals surface area contributed by atoms with Crippen molar-refractivity contribution in [1.82, 2.24) is 4.90 Å². The highest BCUT2D eigenvalue weighted by Crippen LogP contribution is 2.20. The lowest BCUT2D eigenvalue weighted by molar-refractivity contribution is 0.0324. The molecule has 1 rings (SSSR count). The molecule has 0 radical (unpaired) electrons. The number of benzene rings is 1. The van der Waals surface area contributed by atoms with Crippen LogP contribution < -0.4 is 5.73 Å². The number of nitrogens with zero attached hydrogens (tertiary/aromatic N) is 1. The molecule has 0 aromatic heterocycles. The van der Waals surface area contributed by atoms with E-state index in [9.17, 15) is 5.11 Å². The van der Waals surface area contributed by atoms with E-state index < -0.39 is 5.60 Å². The summed E-state index contributed by atoms with van der Waals surface area (Å²) in [6.45, 7) is 10.5. The Labute approximate surface area is 117 Å². The maximum atomic E-state index is 9.91. The molecule has 0 amide bonds. The van der Waals surface area contributed by atoms with Gasteiger partial charge in [-0.3, -0.25) is 0 Å². The fraction of sp³-hybridized carbons (Fsp3) is 0.625. The Morgan fingerprint density at radius 2 is 1.84 bits per heavy atom. The highest BCUT2D eigenvalue weighted by Gasteiger charge is 2.21. The zero-order valence-corrected chi connectivity index (χ0v) is 12.6. The fourth-order valence-electron chi connectivity index (χ4n) is 2.38. The molecule has 0 aliphatic heterocycles. The average molecular weight is 264 g/mol. The highest BCUT2D eigenvalue weighted by atomic mass is 16.3. The first kappa shape index (κ1) is 16.2. The number of rotatable bonds is 7. The third-order valence-corrected chi connectivity index (χ3v) is 3.40. The SMILES string of the molecule is CCN(CC(C)C(N)c1ccccc1)CC(C)(C)O. The summed E-state index contributed by atoms with van der Waals surface area (Å²) in [5.74, 6) is 0.352. The van der Waals surface area contributed by atoms with Gasteiger partial charge in [-0.25, -0.2) is 0 Å². The van der Waals surface area contributed by atoms with Gasteiger partial charge in [-0.15, -0.1) is 0 Å². The molecular formula is C16H28N2O. The van der Waals surface area contributed by atoms with Crippen molar-refractivity contribution < 1.29 is 5.11 Å². The van der Waals surface area contributed by atoms with Crippen LogP contribution in [0.5, 0.6) is 0 Å². The normalized spacial score (nSPS) is 15.5. The minimum atomic E-state index is -0.660. The zero-order valence-electron chi connectivity index (χ0n) is 12.6. The smallest absolute Gasteiger partial charge is 0.0718 e. The van der Waals surface area contributed by atoms with E-state index in [1.54, 1.807) is 0 Å². The van der Waals surface area contributed by atoms with Gasteiger partial charge in [0, 0.05) is 19.1 Å². The Balaban J connectivity index is 2.60. The van der Waals surface area contributed by atoms with Crippen molar-refractivity contribution in [2.24, 2.45) is 11.7 Å². The number of aliphatic hydroxyl groups is 1. The average Bonchev–Trinajstić information content (AvgIpc) is 2.36. The Kier molecular flexibility index (Phi) is 5.98. The first-order chi connectivity index (χ1) is 8.83. The summed E-state index contributed by atoms with van der Waals surface area (Å²) in [5, 5.41) is 9.91. The third kappa shape index (κ3) is 5.72. The van der Waals surface area contributed by atoms with Gasteiger partial charge in [0.1, 0.15) is 0 Å². The van der Waals surface area contributed by atoms with E-state index in [0.717, 1.165) is 13.1 Å². The largest absolute Gasteiger partial charge is 0.389 e. The highest BCUT2D eigenvalue weighted by molar-refractivity contribution is 5.19. The van der Waals surface area contributed by atoms with E-state index in [0.29, 0.717) is 12.5 Å². The lowest BCUT2D eigenvalue weighted by atomic mass is 9.94. The topological polar surface area (TPSA) is 49.5 Å². The van der Waals surface area contributed by atoms with Crippen LogP contribution in [0, 0.1) is 5.92 Å². The molecule has 0 heterocycles. The molecule has 3 N–H and O–H groups in total. The van der Waals surface area contributed by atoms with E-state index in [-0.39, 0.29) is 6.04 Å². The van der Waals surface area contributed by atoms with Gasteiger partial charge in [0.05, 0.1) is 5.60 Å². The molecule has 2 unspecified atom stereocenters. The van der Waals surface area contributed by atoms with Gasteiger partial charge in [0.25, 0.3) is 0 Å². The van der Waals surface area contributed by atoms with Gasteiger partial charge < -0.3 is 15.7 Å². The van der Waals surface area contributed by atoms with Crippen molar-refractivity contribution in [1.29, 1.82) is 0 Å². The van der Waals surface area contributed by atoms with E-state index in [2.05, 4.69) is 30.9 Å². The lowest BCUT2D eigenvalue weighted by Gasteiger charge is -2.32. The summed E-state index contributed by atoms with van der Waals surface area (Å²) in [4.78, 5) is 2.26. The molecule has 1 aromatic carbocycles. The van der Waals surface area contributed by atoms with Crippen LogP contribution in [0.2, 0.25) is 0 Å². The number of likely N-dealkylation sites (N-methyl/N-ethyl adjacent to an activating group) is 1. The van der Waals surface area contributed by atoms with Crippen molar-refractivity contribution in [2.45, 2.75) is 39.3 Å². The molecule has 2 atom stereocenters. The Morgan fingerprint density at radius 1 is 1.26 bits per heavy atom. The summed E-state index contributed by atoms with van der Waals surface area (Å²) in [7, 11) is 0. The summed E-state index contributed by atoms with van der Waals surface area (Å²) in [6, 6.07) is 10.2. The predicted octanol–water partition coefficient (Wildman–Crippen LogP) is 2.42. The van der Waals surface area contributed by atoms with Gasteiger partial charge in [-0.05, 0) is 31.9 Å². The molecular weight excluding hydrogens is 236 g/mol. The van der Waals surface area contributed by atoms with Crippen LogP contribution >= 0.6 is 0 Å². The minimum absolute atomic E-state index is 0.0389. The summed E-state index contributed by atoms with van der Waals surface area (Å²) >= 11 is 0. The van der Waals surface area contributed by atoms with Crippen LogP contribution in [-0.2, 0) is 0 Å². The molecule has 108 valence electrons. The second-order valence-corrected chi connectivity index (χ2v) is 6.05. The van der Waals surface area contributed by atoms with Crippen molar-refractivity contribution in [3.05, 3.63) is 35.9 Å². The predicted molar refractivity (Wildman–Crippen MR) is 80.9 cm³/mol. The molecule has 0 aliphatic rings. The van der Waals surface area contributed by atoms with Gasteiger partial charge in [0.2, 0.25) is 0 Å². The Bertz CT molecular complexity index is 359. The van der Waals surface area contributed by atoms with Gasteiger partial charge in [-0.1, -0.05) is 44.2 Å². The van der Waals surface area contributed by atoms with Crippen LogP contribution in [0.15, 0.2) is 30.3 Å². The first-order valence-corrected chi connectivity index (χ1v) is 7.08. The molecule has 19 heavy (non-hydrogen) atoms. The van der Waals surface area contributed by atoms with Crippen LogP contribution in [0.3, 0.4) is 0 Å². The summed E-state index contributed by atoms with van der Waals surface area (Å²) < 4.78 is 0. The fourth-order valence-corrected chi connectivity index (χ4v) is 2.38. The molecule has 3 heteroatoms. The lowest BCUT2D eigenvalue weighted by Crippen LogP contribution is -2.42. The molecule has 0 spiro atoms. The van der Waals surface area contributed by atoms with Crippen molar-refractivity contribution in [2.75, 3.05) is 19.6 Å². The Morgan fingerprint density at radius 3 is 2.32 bits per heavy atom. The number of hydrogen-bond donors (Lipinski definition) is 2. The summed E-state index contributed by atoms with van der Waals surface area (Å²) in [6.07, 6.45) is 0. The molecule has 1 aromatic rings. The molecule has 3 nitrogen and oxygen atoms in total. The number of hydrogen-bond acceptors (Lipinski definition) is 3. The van der Waals surface area contributed by atoms with Crippen LogP contribution in [0.25, 0.3) is 0 Å². The first-order valence-electron chi connectivity index (χ1n) is 7.08. The van der Waals surface area contributed by atoms with Crippen LogP contribution in [0.4, 0.5) is 0 Å². The summed E-state index contributed by atoms with van der Waals surface area (Å²) in [5.41, 5.74) is 6.83. The Hall–Kier alpha value is -0.900. The van der Waals surface area contributed by atoms with Gasteiger partial charge in [-0.2, -0.15) is 0 Å².